The molecule has 3 aromatic heterocycles. The largest absolute Gasteiger partial charge is 0.369 e. The van der Waals surface area contributed by atoms with Gasteiger partial charge in [-0.05, 0) is 30.2 Å². The quantitative estimate of drug-likeness (QED) is 0.501. The second-order valence-corrected chi connectivity index (χ2v) is 6.39. The van der Waals surface area contributed by atoms with E-state index >= 15 is 0 Å². The monoisotopic (exact) mass is 354 g/mol. The van der Waals surface area contributed by atoms with Gasteiger partial charge >= 0.3 is 0 Å². The van der Waals surface area contributed by atoms with Crippen LogP contribution >= 0.6 is 0 Å². The highest BCUT2D eigenvalue weighted by molar-refractivity contribution is 5.87. The van der Waals surface area contributed by atoms with Gasteiger partial charge in [0.2, 0.25) is 0 Å². The number of para-hydroxylation sites is 2. The number of rotatable bonds is 5. The molecule has 0 aliphatic carbocycles. The van der Waals surface area contributed by atoms with Crippen molar-refractivity contribution >= 4 is 27.8 Å². The van der Waals surface area contributed by atoms with Gasteiger partial charge in [0, 0.05) is 23.6 Å². The van der Waals surface area contributed by atoms with E-state index in [2.05, 4.69) is 49.8 Å². The average molecular weight is 354 g/mol. The summed E-state index contributed by atoms with van der Waals surface area (Å²) in [5, 5.41) is 10.1. The normalized spacial score (nSPS) is 11.3. The summed E-state index contributed by atoms with van der Waals surface area (Å²) in [4.78, 5) is 12.2. The Morgan fingerprint density at radius 1 is 0.926 bits per heavy atom. The fourth-order valence-electron chi connectivity index (χ4n) is 3.40. The summed E-state index contributed by atoms with van der Waals surface area (Å²) in [5.41, 5.74) is 4.24. The standard InChI is InChI=1S/C21H18N6/c1-2-6-16(7-3-1)27-21-18(13-26-27)20(24-14-25-21)22-11-10-15-12-23-19-9-5-4-8-17(15)19/h1-9,12-14,23H,10-11H2,(H,22,24,25). The molecule has 0 saturated carbocycles. The topological polar surface area (TPSA) is 71.4 Å². The van der Waals surface area contributed by atoms with E-state index in [-0.39, 0.29) is 0 Å². The Kier molecular flexibility index (Phi) is 3.79. The van der Waals surface area contributed by atoms with Crippen LogP contribution < -0.4 is 5.32 Å². The van der Waals surface area contributed by atoms with Crippen molar-refractivity contribution in [1.29, 1.82) is 0 Å². The molecule has 2 N–H and O–H groups in total. The van der Waals surface area contributed by atoms with Crippen molar-refractivity contribution < 1.29 is 0 Å². The van der Waals surface area contributed by atoms with Crippen LogP contribution in [0.25, 0.3) is 27.6 Å². The van der Waals surface area contributed by atoms with Gasteiger partial charge in [0.1, 0.15) is 12.1 Å². The molecule has 0 radical (unpaired) electrons. The molecule has 2 aromatic carbocycles. The first-order valence-electron chi connectivity index (χ1n) is 8.93. The number of benzene rings is 2. The number of hydrogen-bond donors (Lipinski definition) is 2. The molecule has 0 atom stereocenters. The molecule has 0 saturated heterocycles. The number of nitrogens with one attached hydrogen (secondary N) is 2. The van der Waals surface area contributed by atoms with Crippen molar-refractivity contribution in [2.45, 2.75) is 6.42 Å². The van der Waals surface area contributed by atoms with Gasteiger partial charge in [-0.1, -0.05) is 36.4 Å². The molecule has 0 fully saturated rings. The van der Waals surface area contributed by atoms with E-state index < -0.39 is 0 Å². The zero-order chi connectivity index (χ0) is 18.1. The van der Waals surface area contributed by atoms with Crippen molar-refractivity contribution in [2.75, 3.05) is 11.9 Å². The Morgan fingerprint density at radius 2 is 1.78 bits per heavy atom. The lowest BCUT2D eigenvalue weighted by Gasteiger charge is -2.07. The van der Waals surface area contributed by atoms with Gasteiger partial charge < -0.3 is 10.3 Å². The number of hydrogen-bond acceptors (Lipinski definition) is 4. The van der Waals surface area contributed by atoms with Crippen LogP contribution in [0.2, 0.25) is 0 Å². The minimum atomic E-state index is 0.782. The molecule has 5 aromatic rings. The summed E-state index contributed by atoms with van der Waals surface area (Å²) in [6.45, 7) is 0.782. The molecule has 6 nitrogen and oxygen atoms in total. The van der Waals surface area contributed by atoms with Gasteiger partial charge in [0.05, 0.1) is 17.3 Å². The predicted octanol–water partition coefficient (Wildman–Crippen LogP) is 3.95. The highest BCUT2D eigenvalue weighted by Gasteiger charge is 2.11. The molecule has 6 heteroatoms. The van der Waals surface area contributed by atoms with E-state index in [0.29, 0.717) is 0 Å². The highest BCUT2D eigenvalue weighted by Crippen LogP contribution is 2.22. The van der Waals surface area contributed by atoms with Gasteiger partial charge in [-0.2, -0.15) is 5.10 Å². The van der Waals surface area contributed by atoms with E-state index in [1.54, 1.807) is 6.33 Å². The summed E-state index contributed by atoms with van der Waals surface area (Å²) in [5.74, 6) is 0.807. The zero-order valence-electron chi connectivity index (χ0n) is 14.6. The van der Waals surface area contributed by atoms with Gasteiger partial charge in [0.25, 0.3) is 0 Å². The molecule has 0 bridgehead atoms. The van der Waals surface area contributed by atoms with Crippen LogP contribution in [0.1, 0.15) is 5.56 Å². The smallest absolute Gasteiger partial charge is 0.168 e. The van der Waals surface area contributed by atoms with E-state index in [0.717, 1.165) is 35.5 Å². The SMILES string of the molecule is c1ccc(-n2ncc3c(NCCc4c[nH]c5ccccc45)ncnc32)cc1. The fraction of sp³-hybridized carbons (Fsp3) is 0.0952. The maximum absolute atomic E-state index is 4.49. The van der Waals surface area contributed by atoms with Crippen LogP contribution in [-0.2, 0) is 6.42 Å². The molecule has 0 unspecified atom stereocenters. The number of anilines is 1. The van der Waals surface area contributed by atoms with E-state index in [1.165, 1.54) is 16.5 Å². The minimum absolute atomic E-state index is 0.782. The van der Waals surface area contributed by atoms with Crippen LogP contribution in [0.3, 0.4) is 0 Å². The molecular weight excluding hydrogens is 336 g/mol. The third-order valence-corrected chi connectivity index (χ3v) is 4.73. The van der Waals surface area contributed by atoms with Crippen molar-refractivity contribution in [3.8, 4) is 5.69 Å². The third kappa shape index (κ3) is 2.81. The lowest BCUT2D eigenvalue weighted by molar-refractivity contribution is 0.895. The summed E-state index contributed by atoms with van der Waals surface area (Å²) >= 11 is 0. The van der Waals surface area contributed by atoms with Crippen molar-refractivity contribution in [1.82, 2.24) is 24.7 Å². The summed E-state index contributed by atoms with van der Waals surface area (Å²) < 4.78 is 1.84. The Morgan fingerprint density at radius 3 is 2.70 bits per heavy atom. The Balaban J connectivity index is 1.39. The minimum Gasteiger partial charge on any atom is -0.369 e. The van der Waals surface area contributed by atoms with Crippen molar-refractivity contribution in [2.24, 2.45) is 0 Å². The molecule has 132 valence electrons. The zero-order valence-corrected chi connectivity index (χ0v) is 14.6. The number of aromatic nitrogens is 5. The number of aromatic amines is 1. The first-order chi connectivity index (χ1) is 13.4. The first-order valence-corrected chi connectivity index (χ1v) is 8.93. The third-order valence-electron chi connectivity index (χ3n) is 4.73. The van der Waals surface area contributed by atoms with E-state index in [4.69, 9.17) is 0 Å². The molecule has 3 heterocycles. The van der Waals surface area contributed by atoms with Crippen LogP contribution in [-0.4, -0.2) is 31.3 Å². The molecule has 5 rings (SSSR count). The number of fused-ring (bicyclic) bond motifs is 2. The maximum atomic E-state index is 4.49. The van der Waals surface area contributed by atoms with Gasteiger partial charge in [-0.3, -0.25) is 0 Å². The Bertz CT molecular complexity index is 1210. The maximum Gasteiger partial charge on any atom is 0.168 e. The highest BCUT2D eigenvalue weighted by atomic mass is 15.3. The van der Waals surface area contributed by atoms with Crippen molar-refractivity contribution in [3.05, 3.63) is 78.9 Å². The van der Waals surface area contributed by atoms with E-state index in [9.17, 15) is 0 Å². The van der Waals surface area contributed by atoms with Crippen LogP contribution in [0, 0.1) is 0 Å². The average Bonchev–Trinajstić information content (AvgIpc) is 3.34. The molecule has 27 heavy (non-hydrogen) atoms. The van der Waals surface area contributed by atoms with E-state index in [1.807, 2.05) is 47.3 Å². The summed E-state index contributed by atoms with van der Waals surface area (Å²) in [6.07, 6.45) is 6.38. The Labute approximate surface area is 155 Å². The molecule has 0 aliphatic heterocycles. The lowest BCUT2D eigenvalue weighted by atomic mass is 10.1. The Hall–Kier alpha value is -3.67. The van der Waals surface area contributed by atoms with Crippen LogP contribution in [0.4, 0.5) is 5.82 Å². The van der Waals surface area contributed by atoms with Gasteiger partial charge in [0.15, 0.2) is 5.65 Å². The molecule has 0 aliphatic rings. The molecule has 0 spiro atoms. The number of H-pyrrole nitrogens is 1. The van der Waals surface area contributed by atoms with Gasteiger partial charge in [-0.15, -0.1) is 0 Å². The first kappa shape index (κ1) is 15.6. The van der Waals surface area contributed by atoms with Crippen LogP contribution in [0.5, 0.6) is 0 Å². The lowest BCUT2D eigenvalue weighted by Crippen LogP contribution is -2.07. The summed E-state index contributed by atoms with van der Waals surface area (Å²) in [7, 11) is 0. The molecule has 0 amide bonds. The van der Waals surface area contributed by atoms with Crippen LogP contribution in [0.15, 0.2) is 73.3 Å². The summed E-state index contributed by atoms with van der Waals surface area (Å²) in [6, 6.07) is 18.3. The predicted molar refractivity (Wildman–Crippen MR) is 107 cm³/mol. The second-order valence-electron chi connectivity index (χ2n) is 6.39. The van der Waals surface area contributed by atoms with Gasteiger partial charge in [-0.25, -0.2) is 14.6 Å². The fourth-order valence-corrected chi connectivity index (χ4v) is 3.40. The molecular formula is C21H18N6. The number of nitrogens with zero attached hydrogens (tertiary/aromatic N) is 4. The second kappa shape index (κ2) is 6.57. The van der Waals surface area contributed by atoms with Crippen molar-refractivity contribution in [3.63, 3.8) is 0 Å².